The van der Waals surface area contributed by atoms with Crippen molar-refractivity contribution in [3.63, 3.8) is 0 Å². The van der Waals surface area contributed by atoms with Gasteiger partial charge in [0.1, 0.15) is 5.82 Å². The maximum Gasteiger partial charge on any atom is 0.313 e. The summed E-state index contributed by atoms with van der Waals surface area (Å²) in [5.41, 5.74) is 0. The van der Waals surface area contributed by atoms with Crippen LogP contribution in [0, 0.1) is 6.92 Å². The number of likely N-dealkylation sites (tertiary alicyclic amines) is 1. The fourth-order valence-electron chi connectivity index (χ4n) is 2.18. The quantitative estimate of drug-likeness (QED) is 0.781. The molecule has 1 aliphatic heterocycles. The number of carbonyl (C=O) groups is 2. The van der Waals surface area contributed by atoms with E-state index in [1.54, 1.807) is 6.92 Å². The largest absolute Gasteiger partial charge is 0.481 e. The molecule has 0 spiro atoms. The van der Waals surface area contributed by atoms with Crippen LogP contribution in [0.5, 0.6) is 0 Å². The van der Waals surface area contributed by atoms with E-state index in [0.29, 0.717) is 23.9 Å². The number of carbonyl (C=O) groups excluding carboxylic acids is 1. The van der Waals surface area contributed by atoms with Gasteiger partial charge in [0.15, 0.2) is 5.16 Å². The Morgan fingerprint density at radius 2 is 2.00 bits per heavy atom. The molecule has 1 saturated heterocycles. The van der Waals surface area contributed by atoms with Crippen molar-refractivity contribution in [1.29, 1.82) is 0 Å². The van der Waals surface area contributed by atoms with Crippen LogP contribution >= 0.6 is 11.8 Å². The molecule has 1 aromatic rings. The number of aromatic nitrogens is 3. The van der Waals surface area contributed by atoms with Gasteiger partial charge in [-0.25, -0.2) is 0 Å². The first-order valence-electron chi connectivity index (χ1n) is 6.60. The minimum Gasteiger partial charge on any atom is -0.481 e. The van der Waals surface area contributed by atoms with Crippen molar-refractivity contribution < 1.29 is 14.7 Å². The second kappa shape index (κ2) is 6.74. The predicted octanol–water partition coefficient (Wildman–Crippen LogP) is 0.776. The van der Waals surface area contributed by atoms with Crippen LogP contribution < -0.4 is 0 Å². The van der Waals surface area contributed by atoms with E-state index in [4.69, 9.17) is 5.11 Å². The number of aliphatic carboxylic acids is 1. The Balaban J connectivity index is 1.92. The molecule has 110 valence electrons. The molecule has 1 fully saturated rings. The molecule has 1 aromatic heterocycles. The summed E-state index contributed by atoms with van der Waals surface area (Å²) in [4.78, 5) is 24.5. The van der Waals surface area contributed by atoms with Gasteiger partial charge in [-0.05, 0) is 19.8 Å². The van der Waals surface area contributed by atoms with Crippen LogP contribution in [0.2, 0.25) is 0 Å². The van der Waals surface area contributed by atoms with Crippen LogP contribution in [-0.2, 0) is 16.1 Å². The maximum absolute atomic E-state index is 12.0. The summed E-state index contributed by atoms with van der Waals surface area (Å²) in [5, 5.41) is 17.1. The van der Waals surface area contributed by atoms with E-state index in [1.807, 2.05) is 9.47 Å². The van der Waals surface area contributed by atoms with Gasteiger partial charge in [-0.3, -0.25) is 9.59 Å². The van der Waals surface area contributed by atoms with Gasteiger partial charge in [-0.1, -0.05) is 11.8 Å². The standard InChI is InChI=1S/C12H18N4O3S/c1-9-13-14-12(20-8-11(18)19)16(9)7-4-10(17)15-5-2-3-6-15/h2-8H2,1H3,(H,18,19). The smallest absolute Gasteiger partial charge is 0.313 e. The summed E-state index contributed by atoms with van der Waals surface area (Å²) in [7, 11) is 0. The molecule has 20 heavy (non-hydrogen) atoms. The lowest BCUT2D eigenvalue weighted by molar-refractivity contribution is -0.134. The van der Waals surface area contributed by atoms with Crippen LogP contribution in [0.1, 0.15) is 25.1 Å². The molecule has 0 atom stereocenters. The zero-order valence-corrected chi connectivity index (χ0v) is 12.2. The first-order chi connectivity index (χ1) is 9.58. The van der Waals surface area contributed by atoms with Gasteiger partial charge in [0, 0.05) is 26.1 Å². The summed E-state index contributed by atoms with van der Waals surface area (Å²) in [6.07, 6.45) is 2.56. The van der Waals surface area contributed by atoms with Gasteiger partial charge < -0.3 is 14.6 Å². The number of hydrogen-bond donors (Lipinski definition) is 1. The van der Waals surface area contributed by atoms with Crippen LogP contribution in [-0.4, -0.2) is 55.5 Å². The minimum absolute atomic E-state index is 0.0573. The molecule has 0 saturated carbocycles. The van der Waals surface area contributed by atoms with Crippen LogP contribution in [0.25, 0.3) is 0 Å². The van der Waals surface area contributed by atoms with Crippen LogP contribution in [0.4, 0.5) is 0 Å². The zero-order chi connectivity index (χ0) is 14.5. The highest BCUT2D eigenvalue weighted by molar-refractivity contribution is 7.99. The third-order valence-electron chi connectivity index (χ3n) is 3.23. The lowest BCUT2D eigenvalue weighted by Gasteiger charge is -2.15. The number of thioether (sulfide) groups is 1. The number of amides is 1. The van der Waals surface area contributed by atoms with Gasteiger partial charge in [-0.15, -0.1) is 10.2 Å². The first kappa shape index (κ1) is 14.8. The fourth-order valence-corrected chi connectivity index (χ4v) is 2.91. The normalized spacial score (nSPS) is 14.8. The van der Waals surface area contributed by atoms with Crippen molar-refractivity contribution in [3.05, 3.63) is 5.82 Å². The summed E-state index contributed by atoms with van der Waals surface area (Å²) in [5.74, 6) is -0.106. The molecule has 0 unspecified atom stereocenters. The van der Waals surface area contributed by atoms with Gasteiger partial charge in [-0.2, -0.15) is 0 Å². The number of nitrogens with zero attached hydrogens (tertiary/aromatic N) is 4. The molecule has 2 heterocycles. The van der Waals surface area contributed by atoms with E-state index < -0.39 is 5.97 Å². The minimum atomic E-state index is -0.893. The zero-order valence-electron chi connectivity index (χ0n) is 11.4. The Morgan fingerprint density at radius 1 is 1.30 bits per heavy atom. The van der Waals surface area contributed by atoms with E-state index in [2.05, 4.69) is 10.2 Å². The number of carboxylic acids is 1. The van der Waals surface area contributed by atoms with Crippen molar-refractivity contribution >= 4 is 23.6 Å². The molecular formula is C12H18N4O3S. The molecule has 1 N–H and O–H groups in total. The fraction of sp³-hybridized carbons (Fsp3) is 0.667. The molecule has 2 rings (SSSR count). The lowest BCUT2D eigenvalue weighted by atomic mass is 10.3. The maximum atomic E-state index is 12.0. The molecule has 0 aromatic carbocycles. The number of hydrogen-bond acceptors (Lipinski definition) is 5. The van der Waals surface area contributed by atoms with E-state index in [0.717, 1.165) is 37.7 Å². The topological polar surface area (TPSA) is 88.3 Å². The van der Waals surface area contributed by atoms with Crippen molar-refractivity contribution in [2.75, 3.05) is 18.8 Å². The third-order valence-corrected chi connectivity index (χ3v) is 4.19. The highest BCUT2D eigenvalue weighted by atomic mass is 32.2. The van der Waals surface area contributed by atoms with Gasteiger partial charge >= 0.3 is 5.97 Å². The van der Waals surface area contributed by atoms with Crippen molar-refractivity contribution in [2.24, 2.45) is 0 Å². The highest BCUT2D eigenvalue weighted by Crippen LogP contribution is 2.17. The lowest BCUT2D eigenvalue weighted by Crippen LogP contribution is -2.28. The monoisotopic (exact) mass is 298 g/mol. The second-order valence-electron chi connectivity index (χ2n) is 4.70. The van der Waals surface area contributed by atoms with Crippen molar-refractivity contribution in [1.82, 2.24) is 19.7 Å². The van der Waals surface area contributed by atoms with Crippen molar-refractivity contribution in [3.8, 4) is 0 Å². The van der Waals surface area contributed by atoms with Crippen molar-refractivity contribution in [2.45, 2.75) is 37.9 Å². The van der Waals surface area contributed by atoms with E-state index in [9.17, 15) is 9.59 Å². The SMILES string of the molecule is Cc1nnc(SCC(=O)O)n1CCC(=O)N1CCCC1. The Kier molecular flexibility index (Phi) is 4.99. The van der Waals surface area contributed by atoms with Gasteiger partial charge in [0.25, 0.3) is 0 Å². The van der Waals surface area contributed by atoms with E-state index in [-0.39, 0.29) is 11.7 Å². The Bertz CT molecular complexity index is 497. The average Bonchev–Trinajstić information content (AvgIpc) is 3.04. The third kappa shape index (κ3) is 3.72. The Labute approximate surface area is 121 Å². The first-order valence-corrected chi connectivity index (χ1v) is 7.58. The Hall–Kier alpha value is -1.57. The molecule has 0 bridgehead atoms. The summed E-state index contributed by atoms with van der Waals surface area (Å²) >= 11 is 1.12. The van der Waals surface area contributed by atoms with Crippen LogP contribution in [0.3, 0.4) is 0 Å². The number of rotatable bonds is 6. The second-order valence-corrected chi connectivity index (χ2v) is 5.64. The molecule has 0 radical (unpaired) electrons. The average molecular weight is 298 g/mol. The molecular weight excluding hydrogens is 280 g/mol. The molecule has 1 amide bonds. The highest BCUT2D eigenvalue weighted by Gasteiger charge is 2.19. The van der Waals surface area contributed by atoms with Gasteiger partial charge in [0.05, 0.1) is 5.75 Å². The van der Waals surface area contributed by atoms with E-state index in [1.165, 1.54) is 0 Å². The molecule has 7 nitrogen and oxygen atoms in total. The van der Waals surface area contributed by atoms with Gasteiger partial charge in [0.2, 0.25) is 5.91 Å². The predicted molar refractivity (Wildman–Crippen MR) is 73.5 cm³/mol. The number of aryl methyl sites for hydroxylation is 1. The summed E-state index contributed by atoms with van der Waals surface area (Å²) in [6, 6.07) is 0. The molecule has 8 heteroatoms. The number of carboxylic acid groups (broad SMARTS) is 1. The summed E-state index contributed by atoms with van der Waals surface area (Å²) < 4.78 is 1.81. The Morgan fingerprint density at radius 3 is 2.65 bits per heavy atom. The van der Waals surface area contributed by atoms with E-state index >= 15 is 0 Å². The van der Waals surface area contributed by atoms with Crippen LogP contribution in [0.15, 0.2) is 5.16 Å². The summed E-state index contributed by atoms with van der Waals surface area (Å²) in [6.45, 7) is 4.00. The molecule has 1 aliphatic rings. The molecule has 0 aliphatic carbocycles.